The van der Waals surface area contributed by atoms with Crippen LogP contribution in [0, 0.1) is 0 Å². The van der Waals surface area contributed by atoms with Crippen LogP contribution in [0.2, 0.25) is 0 Å². The molecule has 3 heterocycles. The second-order valence-corrected chi connectivity index (χ2v) is 5.60. The summed E-state index contributed by atoms with van der Waals surface area (Å²) in [5, 5.41) is 3.40. The lowest BCUT2D eigenvalue weighted by Crippen LogP contribution is -2.30. The van der Waals surface area contributed by atoms with E-state index in [0.717, 1.165) is 63.4 Å². The zero-order valence-electron chi connectivity index (χ0n) is 12.1. The van der Waals surface area contributed by atoms with Crippen molar-refractivity contribution in [3.05, 3.63) is 11.3 Å². The predicted octanol–water partition coefficient (Wildman–Crippen LogP) is 0.362. The Kier molecular flexibility index (Phi) is 4.03. The number of nitrogens with one attached hydrogen (secondary N) is 1. The Morgan fingerprint density at radius 3 is 3.00 bits per heavy atom. The Morgan fingerprint density at radius 2 is 2.20 bits per heavy atom. The van der Waals surface area contributed by atoms with Gasteiger partial charge in [-0.1, -0.05) is 0 Å². The van der Waals surface area contributed by atoms with Gasteiger partial charge in [0.1, 0.15) is 5.82 Å². The summed E-state index contributed by atoms with van der Waals surface area (Å²) in [4.78, 5) is 11.1. The van der Waals surface area contributed by atoms with Crippen LogP contribution in [0.25, 0.3) is 0 Å². The molecule has 3 rings (SSSR count). The van der Waals surface area contributed by atoms with Crippen molar-refractivity contribution in [1.29, 1.82) is 0 Å². The molecular weight excluding hydrogens is 254 g/mol. The molecule has 2 aliphatic rings. The van der Waals surface area contributed by atoms with Crippen LogP contribution in [0.4, 0.5) is 11.8 Å². The van der Waals surface area contributed by atoms with Crippen LogP contribution in [0.15, 0.2) is 0 Å². The average Bonchev–Trinajstić information content (AvgIpc) is 2.81. The lowest BCUT2D eigenvalue weighted by molar-refractivity contribution is 0.116. The van der Waals surface area contributed by atoms with Crippen molar-refractivity contribution < 1.29 is 4.74 Å². The highest BCUT2D eigenvalue weighted by Gasteiger charge is 2.22. The number of ether oxygens (including phenoxy) is 1. The minimum atomic E-state index is 0.316. The van der Waals surface area contributed by atoms with Gasteiger partial charge in [-0.3, -0.25) is 0 Å². The lowest BCUT2D eigenvalue weighted by atomic mass is 10.1. The summed E-state index contributed by atoms with van der Waals surface area (Å²) in [6, 6.07) is 0. The molecule has 0 aliphatic carbocycles. The molecule has 1 fully saturated rings. The zero-order valence-corrected chi connectivity index (χ0v) is 12.1. The number of nitrogen functional groups attached to an aromatic ring is 1. The maximum atomic E-state index is 5.88. The molecular formula is C14H23N5O. The van der Waals surface area contributed by atoms with E-state index in [1.165, 1.54) is 5.56 Å². The predicted molar refractivity (Wildman–Crippen MR) is 79.0 cm³/mol. The van der Waals surface area contributed by atoms with Gasteiger partial charge in [0.05, 0.1) is 11.8 Å². The van der Waals surface area contributed by atoms with Crippen LogP contribution in [-0.2, 0) is 17.6 Å². The summed E-state index contributed by atoms with van der Waals surface area (Å²) >= 11 is 0. The van der Waals surface area contributed by atoms with Crippen LogP contribution >= 0.6 is 0 Å². The highest BCUT2D eigenvalue weighted by Crippen LogP contribution is 2.24. The van der Waals surface area contributed by atoms with Crippen molar-refractivity contribution in [3.63, 3.8) is 0 Å². The first-order valence-corrected chi connectivity index (χ1v) is 7.43. The van der Waals surface area contributed by atoms with Gasteiger partial charge in [-0.2, -0.15) is 4.98 Å². The molecule has 20 heavy (non-hydrogen) atoms. The maximum absolute atomic E-state index is 5.88. The van der Waals surface area contributed by atoms with Gasteiger partial charge in [-0.25, -0.2) is 4.98 Å². The van der Waals surface area contributed by atoms with Gasteiger partial charge in [-0.05, 0) is 25.8 Å². The second-order valence-electron chi connectivity index (χ2n) is 5.60. The van der Waals surface area contributed by atoms with Gasteiger partial charge in [0.25, 0.3) is 0 Å². The van der Waals surface area contributed by atoms with E-state index in [-0.39, 0.29) is 0 Å². The largest absolute Gasteiger partial charge is 0.376 e. The standard InChI is InChI=1S/C14H23N5O/c1-19(9-10-3-2-8-20-10)13-11-4-6-16-7-5-12(11)17-14(15)18-13/h10,16H,2-9H2,1H3,(H2,15,17,18)/t10-/m0/s1. The fraction of sp³-hybridized carbons (Fsp3) is 0.714. The fourth-order valence-electron chi connectivity index (χ4n) is 3.04. The molecule has 1 aromatic rings. The summed E-state index contributed by atoms with van der Waals surface area (Å²) in [7, 11) is 2.07. The van der Waals surface area contributed by atoms with E-state index < -0.39 is 0 Å². The second kappa shape index (κ2) is 5.93. The van der Waals surface area contributed by atoms with E-state index in [1.54, 1.807) is 0 Å². The Hall–Kier alpha value is -1.40. The van der Waals surface area contributed by atoms with Crippen LogP contribution in [-0.4, -0.2) is 49.4 Å². The third-order valence-corrected chi connectivity index (χ3v) is 4.04. The van der Waals surface area contributed by atoms with E-state index >= 15 is 0 Å². The molecule has 0 aromatic carbocycles. The molecule has 0 saturated carbocycles. The fourth-order valence-corrected chi connectivity index (χ4v) is 3.04. The zero-order chi connectivity index (χ0) is 13.9. The SMILES string of the molecule is CN(C[C@@H]1CCCO1)c1nc(N)nc2c1CCNCC2. The monoisotopic (exact) mass is 277 g/mol. The van der Waals surface area contributed by atoms with E-state index in [9.17, 15) is 0 Å². The minimum Gasteiger partial charge on any atom is -0.376 e. The van der Waals surface area contributed by atoms with Crippen LogP contribution in [0.5, 0.6) is 0 Å². The third kappa shape index (κ3) is 2.86. The number of aromatic nitrogens is 2. The lowest BCUT2D eigenvalue weighted by Gasteiger charge is -2.24. The first-order valence-electron chi connectivity index (χ1n) is 7.43. The molecule has 0 unspecified atom stereocenters. The first kappa shape index (κ1) is 13.6. The Balaban J connectivity index is 1.85. The third-order valence-electron chi connectivity index (χ3n) is 4.04. The topological polar surface area (TPSA) is 76.3 Å². The number of nitrogens with two attached hydrogens (primary N) is 1. The molecule has 2 aliphatic heterocycles. The molecule has 0 bridgehead atoms. The Morgan fingerprint density at radius 1 is 1.35 bits per heavy atom. The van der Waals surface area contributed by atoms with Gasteiger partial charge in [0, 0.05) is 38.7 Å². The summed E-state index contributed by atoms with van der Waals surface area (Å²) in [6.45, 7) is 3.68. The molecule has 0 spiro atoms. The van der Waals surface area contributed by atoms with E-state index in [2.05, 4.69) is 27.2 Å². The summed E-state index contributed by atoms with van der Waals surface area (Å²) in [6.07, 6.45) is 4.49. The minimum absolute atomic E-state index is 0.316. The molecule has 6 heteroatoms. The van der Waals surface area contributed by atoms with Crippen LogP contribution in [0.1, 0.15) is 24.1 Å². The van der Waals surface area contributed by atoms with Gasteiger partial charge < -0.3 is 20.7 Å². The number of nitrogens with zero attached hydrogens (tertiary/aromatic N) is 3. The quantitative estimate of drug-likeness (QED) is 0.831. The Bertz CT molecular complexity index is 473. The number of rotatable bonds is 3. The molecule has 3 N–H and O–H groups in total. The number of hydrogen-bond acceptors (Lipinski definition) is 6. The van der Waals surface area contributed by atoms with Crippen molar-refractivity contribution in [1.82, 2.24) is 15.3 Å². The highest BCUT2D eigenvalue weighted by atomic mass is 16.5. The van der Waals surface area contributed by atoms with Crippen molar-refractivity contribution in [3.8, 4) is 0 Å². The van der Waals surface area contributed by atoms with Crippen molar-refractivity contribution in [2.75, 3.05) is 43.9 Å². The summed E-state index contributed by atoms with van der Waals surface area (Å²) in [5.41, 5.74) is 8.21. The van der Waals surface area contributed by atoms with Crippen LogP contribution < -0.4 is 16.0 Å². The molecule has 1 atom stereocenters. The van der Waals surface area contributed by atoms with Gasteiger partial charge in [-0.15, -0.1) is 0 Å². The molecule has 1 saturated heterocycles. The Labute approximate surface area is 119 Å². The molecule has 6 nitrogen and oxygen atoms in total. The molecule has 0 radical (unpaired) electrons. The number of anilines is 2. The highest BCUT2D eigenvalue weighted by molar-refractivity contribution is 5.52. The average molecular weight is 277 g/mol. The first-order chi connectivity index (χ1) is 9.74. The van der Waals surface area contributed by atoms with Gasteiger partial charge in [0.2, 0.25) is 5.95 Å². The summed E-state index contributed by atoms with van der Waals surface area (Å²) in [5.74, 6) is 1.35. The van der Waals surface area contributed by atoms with Crippen molar-refractivity contribution in [2.24, 2.45) is 0 Å². The van der Waals surface area contributed by atoms with Gasteiger partial charge >= 0.3 is 0 Å². The molecule has 1 aromatic heterocycles. The maximum Gasteiger partial charge on any atom is 0.222 e. The number of likely N-dealkylation sites (N-methyl/N-ethyl adjacent to an activating group) is 1. The summed E-state index contributed by atoms with van der Waals surface area (Å²) < 4.78 is 5.72. The molecule has 0 amide bonds. The van der Waals surface area contributed by atoms with Crippen LogP contribution in [0.3, 0.4) is 0 Å². The van der Waals surface area contributed by atoms with Crippen molar-refractivity contribution >= 4 is 11.8 Å². The normalized spacial score (nSPS) is 22.4. The van der Waals surface area contributed by atoms with E-state index in [4.69, 9.17) is 10.5 Å². The van der Waals surface area contributed by atoms with E-state index in [0.29, 0.717) is 12.1 Å². The number of fused-ring (bicyclic) bond motifs is 1. The number of hydrogen-bond donors (Lipinski definition) is 2. The molecule has 110 valence electrons. The van der Waals surface area contributed by atoms with Crippen molar-refractivity contribution in [2.45, 2.75) is 31.8 Å². The van der Waals surface area contributed by atoms with Gasteiger partial charge in [0.15, 0.2) is 0 Å². The van der Waals surface area contributed by atoms with E-state index in [1.807, 2.05) is 0 Å². The smallest absolute Gasteiger partial charge is 0.222 e.